The second-order valence-electron chi connectivity index (χ2n) is 4.45. The van der Waals surface area contributed by atoms with Crippen molar-refractivity contribution in [2.24, 2.45) is 0 Å². The summed E-state index contributed by atoms with van der Waals surface area (Å²) in [5.74, 6) is -1.29. The maximum Gasteiger partial charge on any atom is 0.305 e. The van der Waals surface area contributed by atoms with Gasteiger partial charge in [0.2, 0.25) is 5.91 Å². The fraction of sp³-hybridized carbons (Fsp3) is 0.500. The maximum atomic E-state index is 11.7. The van der Waals surface area contributed by atoms with Gasteiger partial charge >= 0.3 is 5.97 Å². The van der Waals surface area contributed by atoms with Gasteiger partial charge in [0.25, 0.3) is 5.91 Å². The van der Waals surface area contributed by atoms with Crippen LogP contribution in [0.3, 0.4) is 0 Å². The summed E-state index contributed by atoms with van der Waals surface area (Å²) in [5, 5.41) is 16.7. The molecule has 0 fully saturated rings. The Balaban J connectivity index is 2.35. The van der Waals surface area contributed by atoms with Crippen LogP contribution in [0.2, 0.25) is 0 Å². The van der Waals surface area contributed by atoms with Crippen LogP contribution in [0.5, 0.6) is 0 Å². The van der Waals surface area contributed by atoms with Crippen molar-refractivity contribution in [3.05, 3.63) is 17.5 Å². The first-order valence-corrected chi connectivity index (χ1v) is 6.13. The molecule has 1 heterocycles. The first kappa shape index (κ1) is 15.7. The summed E-state index contributed by atoms with van der Waals surface area (Å²) < 4.78 is 4.97. The highest BCUT2D eigenvalue weighted by molar-refractivity contribution is 5.94. The molecule has 1 aromatic heterocycles. The SMILES string of the molecule is CC(C)c1cc(C(=O)NCC(=O)NCCC(=O)O)no1. The van der Waals surface area contributed by atoms with Gasteiger partial charge in [-0.05, 0) is 0 Å². The van der Waals surface area contributed by atoms with Gasteiger partial charge in [0.05, 0.1) is 13.0 Å². The monoisotopic (exact) mass is 283 g/mol. The van der Waals surface area contributed by atoms with Crippen molar-refractivity contribution in [3.8, 4) is 0 Å². The molecule has 0 spiro atoms. The summed E-state index contributed by atoms with van der Waals surface area (Å²) in [7, 11) is 0. The lowest BCUT2D eigenvalue weighted by Gasteiger charge is -2.04. The lowest BCUT2D eigenvalue weighted by atomic mass is 10.1. The molecule has 0 saturated heterocycles. The number of nitrogens with zero attached hydrogens (tertiary/aromatic N) is 1. The number of hydrogen-bond acceptors (Lipinski definition) is 5. The van der Waals surface area contributed by atoms with Crippen LogP contribution in [0.15, 0.2) is 10.6 Å². The maximum absolute atomic E-state index is 11.7. The average Bonchev–Trinajstić information content (AvgIpc) is 2.85. The van der Waals surface area contributed by atoms with Crippen LogP contribution < -0.4 is 10.6 Å². The number of carbonyl (C=O) groups excluding carboxylic acids is 2. The van der Waals surface area contributed by atoms with E-state index in [2.05, 4.69) is 15.8 Å². The lowest BCUT2D eigenvalue weighted by molar-refractivity contribution is -0.136. The predicted molar refractivity (Wildman–Crippen MR) is 68.2 cm³/mol. The third-order valence-electron chi connectivity index (χ3n) is 2.40. The van der Waals surface area contributed by atoms with Crippen molar-refractivity contribution >= 4 is 17.8 Å². The molecular formula is C12H17N3O5. The van der Waals surface area contributed by atoms with Gasteiger partial charge in [-0.1, -0.05) is 19.0 Å². The van der Waals surface area contributed by atoms with E-state index in [1.54, 1.807) is 0 Å². The van der Waals surface area contributed by atoms with E-state index in [-0.39, 0.29) is 31.1 Å². The number of carboxylic acid groups (broad SMARTS) is 1. The number of rotatable bonds is 7. The van der Waals surface area contributed by atoms with Crippen molar-refractivity contribution in [2.45, 2.75) is 26.2 Å². The Morgan fingerprint density at radius 3 is 2.60 bits per heavy atom. The molecular weight excluding hydrogens is 266 g/mol. The Morgan fingerprint density at radius 1 is 1.35 bits per heavy atom. The molecule has 8 heteroatoms. The Bertz CT molecular complexity index is 495. The van der Waals surface area contributed by atoms with E-state index < -0.39 is 17.8 Å². The van der Waals surface area contributed by atoms with E-state index in [1.807, 2.05) is 13.8 Å². The summed E-state index contributed by atoms with van der Waals surface area (Å²) in [6, 6.07) is 1.52. The summed E-state index contributed by atoms with van der Waals surface area (Å²) in [5.41, 5.74) is 0.104. The highest BCUT2D eigenvalue weighted by atomic mass is 16.5. The van der Waals surface area contributed by atoms with Crippen molar-refractivity contribution in [3.63, 3.8) is 0 Å². The molecule has 110 valence electrons. The Morgan fingerprint density at radius 2 is 2.05 bits per heavy atom. The van der Waals surface area contributed by atoms with Crippen LogP contribution >= 0.6 is 0 Å². The fourth-order valence-electron chi connectivity index (χ4n) is 1.29. The van der Waals surface area contributed by atoms with E-state index in [0.717, 1.165) is 0 Å². The summed E-state index contributed by atoms with van der Waals surface area (Å²) in [6.07, 6.45) is -0.166. The molecule has 0 aliphatic rings. The molecule has 1 aromatic rings. The fourth-order valence-corrected chi connectivity index (χ4v) is 1.29. The minimum atomic E-state index is -1.00. The average molecular weight is 283 g/mol. The molecule has 0 bridgehead atoms. The van der Waals surface area contributed by atoms with Crippen LogP contribution in [-0.4, -0.2) is 41.1 Å². The van der Waals surface area contributed by atoms with E-state index in [9.17, 15) is 14.4 Å². The molecule has 0 aromatic carbocycles. The summed E-state index contributed by atoms with van der Waals surface area (Å²) in [4.78, 5) is 33.2. The van der Waals surface area contributed by atoms with Gasteiger partial charge in [0.1, 0.15) is 5.76 Å². The van der Waals surface area contributed by atoms with Crippen LogP contribution in [0.1, 0.15) is 42.4 Å². The molecule has 0 aliphatic carbocycles. The van der Waals surface area contributed by atoms with Gasteiger partial charge in [-0.2, -0.15) is 0 Å². The topological polar surface area (TPSA) is 122 Å². The van der Waals surface area contributed by atoms with Gasteiger partial charge in [-0.3, -0.25) is 14.4 Å². The molecule has 20 heavy (non-hydrogen) atoms. The van der Waals surface area contributed by atoms with E-state index >= 15 is 0 Å². The molecule has 0 unspecified atom stereocenters. The number of aliphatic carboxylic acids is 1. The Kier molecular flexibility index (Phi) is 5.70. The van der Waals surface area contributed by atoms with Crippen molar-refractivity contribution in [1.29, 1.82) is 0 Å². The molecule has 0 atom stereocenters. The van der Waals surface area contributed by atoms with Gasteiger partial charge in [-0.25, -0.2) is 0 Å². The van der Waals surface area contributed by atoms with Crippen molar-refractivity contribution < 1.29 is 24.0 Å². The molecule has 2 amide bonds. The second kappa shape index (κ2) is 7.27. The first-order chi connectivity index (χ1) is 9.40. The number of carboxylic acids is 1. The van der Waals surface area contributed by atoms with Crippen LogP contribution in [-0.2, 0) is 9.59 Å². The first-order valence-electron chi connectivity index (χ1n) is 6.13. The highest BCUT2D eigenvalue weighted by Crippen LogP contribution is 2.14. The lowest BCUT2D eigenvalue weighted by Crippen LogP contribution is -2.37. The zero-order valence-corrected chi connectivity index (χ0v) is 11.3. The molecule has 0 aliphatic heterocycles. The van der Waals surface area contributed by atoms with E-state index in [4.69, 9.17) is 9.63 Å². The minimum Gasteiger partial charge on any atom is -0.481 e. The van der Waals surface area contributed by atoms with Gasteiger partial charge in [0.15, 0.2) is 5.69 Å². The zero-order valence-electron chi connectivity index (χ0n) is 11.3. The number of amides is 2. The number of aromatic nitrogens is 1. The van der Waals surface area contributed by atoms with Crippen LogP contribution in [0.4, 0.5) is 0 Å². The molecule has 0 saturated carbocycles. The molecule has 1 rings (SSSR count). The highest BCUT2D eigenvalue weighted by Gasteiger charge is 2.15. The third-order valence-corrected chi connectivity index (χ3v) is 2.40. The standard InChI is InChI=1S/C12H17N3O5/c1-7(2)9-5-8(15-20-9)12(19)14-6-10(16)13-4-3-11(17)18/h5,7H,3-4,6H2,1-2H3,(H,13,16)(H,14,19)(H,17,18). The normalized spacial score (nSPS) is 10.3. The van der Waals surface area contributed by atoms with Gasteiger partial charge in [0, 0.05) is 18.5 Å². The van der Waals surface area contributed by atoms with Gasteiger partial charge < -0.3 is 20.3 Å². The second-order valence-corrected chi connectivity index (χ2v) is 4.45. The van der Waals surface area contributed by atoms with Crippen LogP contribution in [0.25, 0.3) is 0 Å². The largest absolute Gasteiger partial charge is 0.481 e. The predicted octanol–water partition coefficient (Wildman–Crippen LogP) is 0.119. The van der Waals surface area contributed by atoms with E-state index in [1.165, 1.54) is 6.07 Å². The Labute approximate surface area is 115 Å². The molecule has 3 N–H and O–H groups in total. The summed E-state index contributed by atoms with van der Waals surface area (Å²) >= 11 is 0. The smallest absolute Gasteiger partial charge is 0.305 e. The molecule has 8 nitrogen and oxygen atoms in total. The number of nitrogens with one attached hydrogen (secondary N) is 2. The molecule has 0 radical (unpaired) electrons. The minimum absolute atomic E-state index is 0.0193. The number of carbonyl (C=O) groups is 3. The van der Waals surface area contributed by atoms with Crippen molar-refractivity contribution in [1.82, 2.24) is 15.8 Å². The zero-order chi connectivity index (χ0) is 15.1. The quantitative estimate of drug-likeness (QED) is 0.653. The van der Waals surface area contributed by atoms with Crippen molar-refractivity contribution in [2.75, 3.05) is 13.1 Å². The van der Waals surface area contributed by atoms with Gasteiger partial charge in [-0.15, -0.1) is 0 Å². The third kappa shape index (κ3) is 5.09. The van der Waals surface area contributed by atoms with E-state index in [0.29, 0.717) is 5.76 Å². The Hall–Kier alpha value is -2.38. The summed E-state index contributed by atoms with van der Waals surface area (Å²) in [6.45, 7) is 3.57. The number of hydrogen-bond donors (Lipinski definition) is 3. The van der Waals surface area contributed by atoms with Crippen LogP contribution in [0, 0.1) is 0 Å².